The Morgan fingerprint density at radius 3 is 2.53 bits per heavy atom. The van der Waals surface area contributed by atoms with Crippen LogP contribution in [-0.2, 0) is 0 Å². The highest BCUT2D eigenvalue weighted by Gasteiger charge is 2.18. The summed E-state index contributed by atoms with van der Waals surface area (Å²) in [7, 11) is 1.85. The van der Waals surface area contributed by atoms with Crippen LogP contribution in [0.5, 0.6) is 0 Å². The monoisotopic (exact) mass is 277 g/mol. The number of halogens is 2. The molecule has 19 heavy (non-hydrogen) atoms. The summed E-state index contributed by atoms with van der Waals surface area (Å²) in [4.78, 5) is 0. The van der Waals surface area contributed by atoms with Gasteiger partial charge in [0.05, 0.1) is 6.04 Å². The molecule has 0 bridgehead atoms. The fourth-order valence-electron chi connectivity index (χ4n) is 2.30. The third kappa shape index (κ3) is 2.80. The van der Waals surface area contributed by atoms with E-state index < -0.39 is 0 Å². The summed E-state index contributed by atoms with van der Waals surface area (Å²) in [5, 5.41) is 3.79. The summed E-state index contributed by atoms with van der Waals surface area (Å²) in [6.07, 6.45) is 0. The number of hydrogen-bond acceptors (Lipinski definition) is 1. The molecule has 100 valence electrons. The molecule has 0 aliphatic heterocycles. The van der Waals surface area contributed by atoms with Crippen LogP contribution in [-0.4, -0.2) is 7.05 Å². The van der Waals surface area contributed by atoms with Crippen LogP contribution in [0, 0.1) is 19.7 Å². The van der Waals surface area contributed by atoms with Gasteiger partial charge in [0.1, 0.15) is 5.82 Å². The Morgan fingerprint density at radius 2 is 1.84 bits per heavy atom. The van der Waals surface area contributed by atoms with Crippen LogP contribution in [0.3, 0.4) is 0 Å². The smallest absolute Gasteiger partial charge is 0.123 e. The lowest BCUT2D eigenvalue weighted by molar-refractivity contribution is 0.616. The Morgan fingerprint density at radius 1 is 1.11 bits per heavy atom. The minimum Gasteiger partial charge on any atom is -0.309 e. The van der Waals surface area contributed by atoms with Gasteiger partial charge in [-0.15, -0.1) is 0 Å². The van der Waals surface area contributed by atoms with Crippen LogP contribution in [0.2, 0.25) is 5.02 Å². The lowest BCUT2D eigenvalue weighted by Crippen LogP contribution is -2.19. The van der Waals surface area contributed by atoms with E-state index in [0.29, 0.717) is 5.02 Å². The van der Waals surface area contributed by atoms with Gasteiger partial charge in [0, 0.05) is 5.02 Å². The van der Waals surface area contributed by atoms with E-state index in [4.69, 9.17) is 11.6 Å². The first-order valence-corrected chi connectivity index (χ1v) is 6.60. The second kappa shape index (κ2) is 5.72. The van der Waals surface area contributed by atoms with Crippen LogP contribution in [0.1, 0.15) is 28.3 Å². The molecule has 1 atom stereocenters. The third-order valence-electron chi connectivity index (χ3n) is 3.52. The Kier molecular flexibility index (Phi) is 4.23. The minimum absolute atomic E-state index is 0.108. The normalized spacial score (nSPS) is 12.5. The molecule has 0 aliphatic rings. The minimum atomic E-state index is -0.273. The molecule has 2 rings (SSSR count). The van der Waals surface area contributed by atoms with Crippen molar-refractivity contribution in [1.29, 1.82) is 0 Å². The summed E-state index contributed by atoms with van der Waals surface area (Å²) in [6, 6.07) is 10.5. The van der Waals surface area contributed by atoms with Gasteiger partial charge in [0.15, 0.2) is 0 Å². The lowest BCUT2D eigenvalue weighted by Gasteiger charge is -2.21. The van der Waals surface area contributed by atoms with Crippen molar-refractivity contribution >= 4 is 11.6 Å². The van der Waals surface area contributed by atoms with E-state index in [0.717, 1.165) is 11.1 Å². The van der Waals surface area contributed by atoms with Crippen LogP contribution in [0.15, 0.2) is 36.4 Å². The Balaban J connectivity index is 2.56. The Bertz CT molecular complexity index is 593. The largest absolute Gasteiger partial charge is 0.309 e. The molecule has 0 radical (unpaired) electrons. The first-order chi connectivity index (χ1) is 9.04. The highest BCUT2D eigenvalue weighted by molar-refractivity contribution is 6.31. The topological polar surface area (TPSA) is 12.0 Å². The van der Waals surface area contributed by atoms with Gasteiger partial charge < -0.3 is 5.32 Å². The SMILES string of the molecule is CNC(c1cc(F)ccc1Cl)c1cccc(C)c1C. The molecular formula is C16H17ClFN. The zero-order chi connectivity index (χ0) is 14.0. The van der Waals surface area contributed by atoms with Crippen molar-refractivity contribution in [3.63, 3.8) is 0 Å². The summed E-state index contributed by atoms with van der Waals surface area (Å²) in [5.41, 5.74) is 4.29. The van der Waals surface area contributed by atoms with Gasteiger partial charge in [-0.25, -0.2) is 4.39 Å². The van der Waals surface area contributed by atoms with Crippen molar-refractivity contribution in [2.45, 2.75) is 19.9 Å². The maximum atomic E-state index is 13.5. The Labute approximate surface area is 118 Å². The second-order valence-corrected chi connectivity index (χ2v) is 5.08. The summed E-state index contributed by atoms with van der Waals surface area (Å²) < 4.78 is 13.5. The van der Waals surface area contributed by atoms with Crippen molar-refractivity contribution in [1.82, 2.24) is 5.32 Å². The molecule has 0 amide bonds. The molecule has 1 nitrogen and oxygen atoms in total. The first kappa shape index (κ1) is 14.0. The van der Waals surface area contributed by atoms with Gasteiger partial charge >= 0.3 is 0 Å². The zero-order valence-electron chi connectivity index (χ0n) is 11.3. The van der Waals surface area contributed by atoms with E-state index in [9.17, 15) is 4.39 Å². The fourth-order valence-corrected chi connectivity index (χ4v) is 2.53. The molecule has 0 saturated carbocycles. The molecule has 0 saturated heterocycles. The van der Waals surface area contributed by atoms with Gasteiger partial charge in [-0.1, -0.05) is 29.8 Å². The Hall–Kier alpha value is -1.38. The quantitative estimate of drug-likeness (QED) is 0.876. The molecule has 2 aromatic carbocycles. The molecule has 0 spiro atoms. The van der Waals surface area contributed by atoms with Crippen molar-refractivity contribution in [3.05, 3.63) is 69.5 Å². The number of benzene rings is 2. The number of rotatable bonds is 3. The highest BCUT2D eigenvalue weighted by atomic mass is 35.5. The van der Waals surface area contributed by atoms with Gasteiger partial charge in [-0.3, -0.25) is 0 Å². The molecule has 0 aliphatic carbocycles. The van der Waals surface area contributed by atoms with Crippen molar-refractivity contribution in [2.75, 3.05) is 7.05 Å². The predicted octanol–water partition coefficient (Wildman–Crippen LogP) is 4.40. The third-order valence-corrected chi connectivity index (χ3v) is 3.86. The number of hydrogen-bond donors (Lipinski definition) is 1. The van der Waals surface area contributed by atoms with Crippen molar-refractivity contribution in [3.8, 4) is 0 Å². The number of aryl methyl sites for hydroxylation is 1. The van der Waals surface area contributed by atoms with E-state index in [1.807, 2.05) is 19.2 Å². The average molecular weight is 278 g/mol. The molecule has 3 heteroatoms. The maximum Gasteiger partial charge on any atom is 0.123 e. The molecule has 0 heterocycles. The number of nitrogens with one attached hydrogen (secondary N) is 1. The first-order valence-electron chi connectivity index (χ1n) is 6.23. The van der Waals surface area contributed by atoms with Crippen molar-refractivity contribution in [2.24, 2.45) is 0 Å². The summed E-state index contributed by atoms with van der Waals surface area (Å²) in [5.74, 6) is -0.273. The van der Waals surface area contributed by atoms with Crippen LogP contribution in [0.25, 0.3) is 0 Å². The molecule has 0 aromatic heterocycles. The van der Waals surface area contributed by atoms with Crippen molar-refractivity contribution < 1.29 is 4.39 Å². The summed E-state index contributed by atoms with van der Waals surface area (Å²) in [6.45, 7) is 4.14. The van der Waals surface area contributed by atoms with E-state index >= 15 is 0 Å². The van der Waals surface area contributed by atoms with Gasteiger partial charge in [0.2, 0.25) is 0 Å². The predicted molar refractivity (Wildman–Crippen MR) is 78.2 cm³/mol. The summed E-state index contributed by atoms with van der Waals surface area (Å²) >= 11 is 6.21. The van der Waals surface area contributed by atoms with Gasteiger partial charge in [0.25, 0.3) is 0 Å². The second-order valence-electron chi connectivity index (χ2n) is 4.68. The average Bonchev–Trinajstić information content (AvgIpc) is 2.39. The van der Waals surface area contributed by atoms with E-state index in [1.165, 1.54) is 23.3 Å². The lowest BCUT2D eigenvalue weighted by atomic mass is 9.92. The fraction of sp³-hybridized carbons (Fsp3) is 0.250. The zero-order valence-corrected chi connectivity index (χ0v) is 12.1. The van der Waals surface area contributed by atoms with Crippen LogP contribution < -0.4 is 5.32 Å². The molecule has 1 N–H and O–H groups in total. The highest BCUT2D eigenvalue weighted by Crippen LogP contribution is 2.31. The molecule has 1 unspecified atom stereocenters. The van der Waals surface area contributed by atoms with E-state index in [2.05, 4.69) is 25.2 Å². The van der Waals surface area contributed by atoms with Gasteiger partial charge in [-0.2, -0.15) is 0 Å². The molecule has 2 aromatic rings. The standard InChI is InChI=1S/C16H17ClFN/c1-10-5-4-6-13(11(10)2)16(19-3)14-9-12(18)7-8-15(14)17/h4-9,16,19H,1-3H3. The molecule has 0 fully saturated rings. The maximum absolute atomic E-state index is 13.5. The molecular weight excluding hydrogens is 261 g/mol. The van der Waals surface area contributed by atoms with Crippen LogP contribution >= 0.6 is 11.6 Å². The van der Waals surface area contributed by atoms with Gasteiger partial charge in [-0.05, 0) is 61.3 Å². The van der Waals surface area contributed by atoms with Crippen LogP contribution in [0.4, 0.5) is 4.39 Å². The van der Waals surface area contributed by atoms with E-state index in [-0.39, 0.29) is 11.9 Å². The van der Waals surface area contributed by atoms with E-state index in [1.54, 1.807) is 6.07 Å².